The Morgan fingerprint density at radius 2 is 2.43 bits per heavy atom. The zero-order valence-electron chi connectivity index (χ0n) is 8.38. The van der Waals surface area contributed by atoms with Gasteiger partial charge >= 0.3 is 5.97 Å². The molecule has 2 aliphatic rings. The summed E-state index contributed by atoms with van der Waals surface area (Å²) in [5.74, 6) is 0.781. The third kappa shape index (κ3) is 1.40. The molecule has 1 heterocycles. The van der Waals surface area contributed by atoms with Crippen molar-refractivity contribution in [3.63, 3.8) is 0 Å². The molecule has 2 rings (SSSR count). The van der Waals surface area contributed by atoms with Crippen LogP contribution in [0, 0.1) is 11.8 Å². The normalized spacial score (nSPS) is 42.1. The summed E-state index contributed by atoms with van der Waals surface area (Å²) in [7, 11) is 0. The maximum atomic E-state index is 11.4. The minimum atomic E-state index is -0.207. The van der Waals surface area contributed by atoms with Gasteiger partial charge in [0.1, 0.15) is 5.60 Å². The molecule has 2 fully saturated rings. The average molecular weight is 306 g/mol. The third-order valence-corrected chi connectivity index (χ3v) is 4.92. The Morgan fingerprint density at radius 1 is 1.71 bits per heavy atom. The first-order chi connectivity index (χ1) is 6.59. The zero-order chi connectivity index (χ0) is 10.3. The van der Waals surface area contributed by atoms with E-state index in [9.17, 15) is 4.79 Å². The molecule has 0 radical (unpaired) electrons. The van der Waals surface area contributed by atoms with Crippen molar-refractivity contribution in [2.75, 3.05) is 4.43 Å². The van der Waals surface area contributed by atoms with E-state index in [0.29, 0.717) is 12.3 Å². The summed E-state index contributed by atoms with van der Waals surface area (Å²) in [4.78, 5) is 11.4. The number of ether oxygens (including phenoxy) is 1. The van der Waals surface area contributed by atoms with Gasteiger partial charge in [-0.2, -0.15) is 0 Å². The van der Waals surface area contributed by atoms with Gasteiger partial charge < -0.3 is 4.74 Å². The van der Waals surface area contributed by atoms with Crippen molar-refractivity contribution >= 4 is 28.6 Å². The van der Waals surface area contributed by atoms with Crippen molar-refractivity contribution in [3.05, 3.63) is 12.2 Å². The lowest BCUT2D eigenvalue weighted by Crippen LogP contribution is -2.43. The van der Waals surface area contributed by atoms with Gasteiger partial charge in [-0.05, 0) is 18.8 Å². The SMILES string of the molecule is C=C1C(C)CC[C@]2(CI)OC(=O)C[C@H]12. The quantitative estimate of drug-likeness (QED) is 0.322. The highest BCUT2D eigenvalue weighted by Crippen LogP contribution is 2.49. The fraction of sp³-hybridized carbons (Fsp3) is 0.727. The van der Waals surface area contributed by atoms with Crippen LogP contribution in [-0.4, -0.2) is 16.0 Å². The number of esters is 1. The molecule has 0 bridgehead atoms. The maximum Gasteiger partial charge on any atom is 0.307 e. The maximum absolute atomic E-state index is 11.4. The fourth-order valence-electron chi connectivity index (χ4n) is 2.56. The molecule has 1 saturated carbocycles. The van der Waals surface area contributed by atoms with Crippen LogP contribution in [0.15, 0.2) is 12.2 Å². The number of carbonyl (C=O) groups excluding carboxylic acids is 1. The molecule has 0 aromatic rings. The van der Waals surface area contributed by atoms with Gasteiger partial charge in [0.2, 0.25) is 0 Å². The van der Waals surface area contributed by atoms with Crippen molar-refractivity contribution in [1.82, 2.24) is 0 Å². The lowest BCUT2D eigenvalue weighted by molar-refractivity contribution is -0.148. The Morgan fingerprint density at radius 3 is 3.07 bits per heavy atom. The Labute approximate surface area is 98.2 Å². The second kappa shape index (κ2) is 3.51. The second-order valence-corrected chi connectivity index (χ2v) is 5.21. The van der Waals surface area contributed by atoms with Gasteiger partial charge in [-0.25, -0.2) is 0 Å². The summed E-state index contributed by atoms with van der Waals surface area (Å²) in [5.41, 5.74) is 1.01. The number of alkyl halides is 1. The van der Waals surface area contributed by atoms with Crippen LogP contribution in [0.3, 0.4) is 0 Å². The summed E-state index contributed by atoms with van der Waals surface area (Å²) in [5, 5.41) is 0. The van der Waals surface area contributed by atoms with Gasteiger partial charge in [0.15, 0.2) is 0 Å². The van der Waals surface area contributed by atoms with E-state index < -0.39 is 0 Å². The van der Waals surface area contributed by atoms with E-state index in [1.165, 1.54) is 5.57 Å². The molecule has 0 N–H and O–H groups in total. The van der Waals surface area contributed by atoms with Gasteiger partial charge in [0, 0.05) is 10.3 Å². The van der Waals surface area contributed by atoms with Crippen molar-refractivity contribution in [2.45, 2.75) is 31.8 Å². The molecule has 1 aliphatic heterocycles. The van der Waals surface area contributed by atoms with Gasteiger partial charge in [-0.15, -0.1) is 0 Å². The van der Waals surface area contributed by atoms with Crippen LogP contribution in [0.4, 0.5) is 0 Å². The fourth-order valence-corrected chi connectivity index (χ4v) is 3.63. The smallest absolute Gasteiger partial charge is 0.307 e. The first-order valence-corrected chi connectivity index (χ1v) is 6.58. The van der Waals surface area contributed by atoms with E-state index in [4.69, 9.17) is 4.74 Å². The molecule has 2 nitrogen and oxygen atoms in total. The predicted octanol–water partition coefficient (Wildman–Crippen LogP) is 2.71. The van der Waals surface area contributed by atoms with E-state index in [1.54, 1.807) is 0 Å². The molecule has 1 aliphatic carbocycles. The molecule has 1 unspecified atom stereocenters. The van der Waals surface area contributed by atoms with Crippen molar-refractivity contribution < 1.29 is 9.53 Å². The van der Waals surface area contributed by atoms with E-state index in [0.717, 1.165) is 17.3 Å². The highest BCUT2D eigenvalue weighted by Gasteiger charge is 2.52. The number of fused-ring (bicyclic) bond motifs is 1. The number of carbonyl (C=O) groups is 1. The average Bonchev–Trinajstić information content (AvgIpc) is 2.51. The lowest BCUT2D eigenvalue weighted by atomic mass is 9.69. The summed E-state index contributed by atoms with van der Waals surface area (Å²) < 4.78 is 6.41. The second-order valence-electron chi connectivity index (χ2n) is 4.44. The number of hydrogen-bond donors (Lipinski definition) is 0. The summed E-state index contributed by atoms with van der Waals surface area (Å²) in [6.45, 7) is 6.33. The monoisotopic (exact) mass is 306 g/mol. The molecule has 3 atom stereocenters. The molecular weight excluding hydrogens is 291 g/mol. The molecule has 0 aromatic carbocycles. The standard InChI is InChI=1S/C11H15IO2/c1-7-3-4-11(6-12)9(8(7)2)5-10(13)14-11/h7,9H,2-6H2,1H3/t7?,9-,11-/m1/s1. The van der Waals surface area contributed by atoms with Crippen molar-refractivity contribution in [2.24, 2.45) is 11.8 Å². The Balaban J connectivity index is 2.30. The first kappa shape index (κ1) is 10.5. The molecule has 0 spiro atoms. The van der Waals surface area contributed by atoms with Crippen LogP contribution in [0.2, 0.25) is 0 Å². The van der Waals surface area contributed by atoms with Gasteiger partial charge in [-0.1, -0.05) is 41.7 Å². The van der Waals surface area contributed by atoms with E-state index >= 15 is 0 Å². The topological polar surface area (TPSA) is 26.3 Å². The van der Waals surface area contributed by atoms with Crippen molar-refractivity contribution in [1.29, 1.82) is 0 Å². The van der Waals surface area contributed by atoms with Gasteiger partial charge in [0.25, 0.3) is 0 Å². The summed E-state index contributed by atoms with van der Waals surface area (Å²) in [6.07, 6.45) is 2.66. The number of halogens is 1. The van der Waals surface area contributed by atoms with Crippen LogP contribution < -0.4 is 0 Å². The Hall–Kier alpha value is -0.0600. The van der Waals surface area contributed by atoms with Gasteiger partial charge in [0.05, 0.1) is 6.42 Å². The summed E-state index contributed by atoms with van der Waals surface area (Å²) >= 11 is 2.32. The number of hydrogen-bond acceptors (Lipinski definition) is 2. The lowest BCUT2D eigenvalue weighted by Gasteiger charge is -2.40. The molecule has 0 amide bonds. The third-order valence-electron chi connectivity index (χ3n) is 3.63. The minimum Gasteiger partial charge on any atom is -0.458 e. The molecule has 0 aromatic heterocycles. The van der Waals surface area contributed by atoms with Gasteiger partial charge in [-0.3, -0.25) is 4.79 Å². The van der Waals surface area contributed by atoms with Crippen molar-refractivity contribution in [3.8, 4) is 0 Å². The first-order valence-electron chi connectivity index (χ1n) is 5.05. The van der Waals surface area contributed by atoms with Crippen LogP contribution in [0.1, 0.15) is 26.2 Å². The highest BCUT2D eigenvalue weighted by atomic mass is 127. The summed E-state index contributed by atoms with van der Waals surface area (Å²) in [6, 6.07) is 0. The Bertz CT molecular complexity index is 287. The minimum absolute atomic E-state index is 0.0399. The number of rotatable bonds is 1. The molecule has 14 heavy (non-hydrogen) atoms. The highest BCUT2D eigenvalue weighted by molar-refractivity contribution is 14.1. The van der Waals surface area contributed by atoms with Crippen LogP contribution in [-0.2, 0) is 9.53 Å². The molecule has 78 valence electrons. The van der Waals surface area contributed by atoms with E-state index in [2.05, 4.69) is 36.1 Å². The molecule has 1 saturated heterocycles. The molecule has 3 heteroatoms. The molecular formula is C11H15IO2. The predicted molar refractivity (Wildman–Crippen MR) is 63.4 cm³/mol. The van der Waals surface area contributed by atoms with E-state index in [-0.39, 0.29) is 17.5 Å². The largest absolute Gasteiger partial charge is 0.458 e. The van der Waals surface area contributed by atoms with E-state index in [1.807, 2.05) is 0 Å². The zero-order valence-corrected chi connectivity index (χ0v) is 10.5. The van der Waals surface area contributed by atoms with Crippen LogP contribution in [0.25, 0.3) is 0 Å². The van der Waals surface area contributed by atoms with Crippen LogP contribution >= 0.6 is 22.6 Å². The van der Waals surface area contributed by atoms with Crippen LogP contribution in [0.5, 0.6) is 0 Å². The Kier molecular flexibility index (Phi) is 2.62.